The molecule has 118 valence electrons. The van der Waals surface area contributed by atoms with Gasteiger partial charge in [-0.15, -0.1) is 0 Å². The van der Waals surface area contributed by atoms with E-state index < -0.39 is 0 Å². The Morgan fingerprint density at radius 2 is 1.78 bits per heavy atom. The molecule has 7 nitrogen and oxygen atoms in total. The van der Waals surface area contributed by atoms with E-state index in [9.17, 15) is 0 Å². The normalized spacial score (nSPS) is 15.4. The minimum absolute atomic E-state index is 0.784. The highest BCUT2D eigenvalue weighted by Crippen LogP contribution is 2.25. The lowest BCUT2D eigenvalue weighted by molar-refractivity contribution is 0.626. The minimum atomic E-state index is 0.784. The molecule has 4 rings (SSSR count). The quantitative estimate of drug-likeness (QED) is 0.713. The first kappa shape index (κ1) is 13.9. The van der Waals surface area contributed by atoms with Crippen LogP contribution in [0.25, 0.3) is 10.9 Å². The zero-order valence-corrected chi connectivity index (χ0v) is 13.3. The van der Waals surface area contributed by atoms with Gasteiger partial charge in [0.05, 0.1) is 11.7 Å². The molecule has 23 heavy (non-hydrogen) atoms. The highest BCUT2D eigenvalue weighted by molar-refractivity contribution is 5.88. The predicted molar refractivity (Wildman–Crippen MR) is 89.7 cm³/mol. The third kappa shape index (κ3) is 2.48. The first-order valence-corrected chi connectivity index (χ1v) is 7.78. The molecule has 0 amide bonds. The number of pyridine rings is 1. The summed E-state index contributed by atoms with van der Waals surface area (Å²) in [6.45, 7) is 5.63. The number of piperazine rings is 1. The first-order chi connectivity index (χ1) is 11.2. The van der Waals surface area contributed by atoms with E-state index in [1.807, 2.05) is 32.4 Å². The molecule has 4 heterocycles. The molecule has 3 aromatic heterocycles. The van der Waals surface area contributed by atoms with E-state index in [4.69, 9.17) is 0 Å². The molecule has 1 fully saturated rings. The van der Waals surface area contributed by atoms with Gasteiger partial charge in [-0.25, -0.2) is 15.0 Å². The highest BCUT2D eigenvalue weighted by atomic mass is 15.4. The summed E-state index contributed by atoms with van der Waals surface area (Å²) in [6.07, 6.45) is 7.43. The van der Waals surface area contributed by atoms with Crippen LogP contribution in [-0.2, 0) is 7.05 Å². The summed E-state index contributed by atoms with van der Waals surface area (Å²) in [6, 6.07) is 2.00. The summed E-state index contributed by atoms with van der Waals surface area (Å²) in [7, 11) is 2.03. The molecule has 1 saturated heterocycles. The molecule has 1 aliphatic heterocycles. The fraction of sp³-hybridized carbons (Fsp3) is 0.375. The Bertz CT molecular complexity index is 833. The Morgan fingerprint density at radius 3 is 2.52 bits per heavy atom. The predicted octanol–water partition coefficient (Wildman–Crippen LogP) is 1.39. The van der Waals surface area contributed by atoms with Gasteiger partial charge in [-0.1, -0.05) is 0 Å². The molecule has 0 saturated carbocycles. The fourth-order valence-electron chi connectivity index (χ4n) is 3.10. The molecule has 0 aliphatic carbocycles. The number of aryl methyl sites for hydroxylation is 2. The molecule has 3 aromatic rings. The van der Waals surface area contributed by atoms with Gasteiger partial charge in [0.25, 0.3) is 0 Å². The Morgan fingerprint density at radius 1 is 1.00 bits per heavy atom. The number of hydrogen-bond donors (Lipinski definition) is 0. The fourth-order valence-corrected chi connectivity index (χ4v) is 3.10. The number of anilines is 2. The molecule has 7 heteroatoms. The number of nitrogens with zero attached hydrogens (tertiary/aromatic N) is 7. The number of rotatable bonds is 2. The molecule has 1 aliphatic rings. The van der Waals surface area contributed by atoms with Crippen LogP contribution in [0.1, 0.15) is 5.82 Å². The number of aromatic nitrogens is 5. The summed E-state index contributed by atoms with van der Waals surface area (Å²) in [5.74, 6) is 2.82. The van der Waals surface area contributed by atoms with Crippen LogP contribution < -0.4 is 9.80 Å². The van der Waals surface area contributed by atoms with E-state index in [0.717, 1.165) is 54.7 Å². The van der Waals surface area contributed by atoms with E-state index in [2.05, 4.69) is 34.3 Å². The molecule has 0 atom stereocenters. The minimum Gasteiger partial charge on any atom is -0.352 e. The van der Waals surface area contributed by atoms with Crippen molar-refractivity contribution >= 4 is 22.7 Å². The average molecular weight is 309 g/mol. The van der Waals surface area contributed by atoms with Crippen molar-refractivity contribution in [2.45, 2.75) is 6.92 Å². The molecule has 0 N–H and O–H groups in total. The van der Waals surface area contributed by atoms with Gasteiger partial charge in [-0.3, -0.25) is 4.98 Å². The van der Waals surface area contributed by atoms with Gasteiger partial charge in [0.1, 0.15) is 11.6 Å². The van der Waals surface area contributed by atoms with Crippen molar-refractivity contribution in [2.24, 2.45) is 7.05 Å². The van der Waals surface area contributed by atoms with E-state index >= 15 is 0 Å². The maximum atomic E-state index is 4.68. The third-order valence-electron chi connectivity index (χ3n) is 4.25. The zero-order valence-electron chi connectivity index (χ0n) is 13.3. The van der Waals surface area contributed by atoms with Crippen molar-refractivity contribution in [2.75, 3.05) is 36.0 Å². The largest absolute Gasteiger partial charge is 0.352 e. The van der Waals surface area contributed by atoms with Crippen LogP contribution in [0.3, 0.4) is 0 Å². The highest BCUT2D eigenvalue weighted by Gasteiger charge is 2.22. The van der Waals surface area contributed by atoms with Crippen molar-refractivity contribution in [3.8, 4) is 0 Å². The number of imidazole rings is 1. The van der Waals surface area contributed by atoms with Gasteiger partial charge in [0.15, 0.2) is 0 Å². The molecular weight excluding hydrogens is 290 g/mol. The SMILES string of the molecule is Cc1nc(N2CCN(c3nccn3C)CC2)c2ccncc2n1. The molecule has 0 unspecified atom stereocenters. The van der Waals surface area contributed by atoms with Crippen LogP contribution in [0.2, 0.25) is 0 Å². The lowest BCUT2D eigenvalue weighted by Gasteiger charge is -2.36. The molecule has 0 spiro atoms. The summed E-state index contributed by atoms with van der Waals surface area (Å²) in [5.41, 5.74) is 0.904. The van der Waals surface area contributed by atoms with Gasteiger partial charge in [-0.2, -0.15) is 0 Å². The van der Waals surface area contributed by atoms with Gasteiger partial charge in [0.2, 0.25) is 5.95 Å². The summed E-state index contributed by atoms with van der Waals surface area (Å²) >= 11 is 0. The van der Waals surface area contributed by atoms with Crippen molar-refractivity contribution in [3.05, 3.63) is 36.7 Å². The van der Waals surface area contributed by atoms with Crippen LogP contribution in [0.5, 0.6) is 0 Å². The Labute approximate surface area is 134 Å². The maximum Gasteiger partial charge on any atom is 0.205 e. The second-order valence-corrected chi connectivity index (χ2v) is 5.80. The molecule has 0 aromatic carbocycles. The second-order valence-electron chi connectivity index (χ2n) is 5.80. The van der Waals surface area contributed by atoms with E-state index in [-0.39, 0.29) is 0 Å². The Balaban J connectivity index is 1.60. The summed E-state index contributed by atoms with van der Waals surface area (Å²) in [4.78, 5) is 22.4. The van der Waals surface area contributed by atoms with Gasteiger partial charge < -0.3 is 14.4 Å². The number of hydrogen-bond acceptors (Lipinski definition) is 6. The van der Waals surface area contributed by atoms with Crippen LogP contribution in [0.15, 0.2) is 30.9 Å². The van der Waals surface area contributed by atoms with E-state index in [1.54, 1.807) is 12.4 Å². The topological polar surface area (TPSA) is 63.0 Å². The average Bonchev–Trinajstić information content (AvgIpc) is 3.00. The van der Waals surface area contributed by atoms with E-state index in [0.29, 0.717) is 0 Å². The number of fused-ring (bicyclic) bond motifs is 1. The zero-order chi connectivity index (χ0) is 15.8. The summed E-state index contributed by atoms with van der Waals surface area (Å²) < 4.78 is 2.06. The van der Waals surface area contributed by atoms with Crippen LogP contribution in [0, 0.1) is 6.92 Å². The van der Waals surface area contributed by atoms with Crippen LogP contribution in [0.4, 0.5) is 11.8 Å². The van der Waals surface area contributed by atoms with Crippen molar-refractivity contribution in [1.29, 1.82) is 0 Å². The lowest BCUT2D eigenvalue weighted by atomic mass is 10.2. The van der Waals surface area contributed by atoms with Crippen LogP contribution >= 0.6 is 0 Å². The van der Waals surface area contributed by atoms with Crippen molar-refractivity contribution in [3.63, 3.8) is 0 Å². The van der Waals surface area contributed by atoms with Gasteiger partial charge >= 0.3 is 0 Å². The van der Waals surface area contributed by atoms with Crippen molar-refractivity contribution in [1.82, 2.24) is 24.5 Å². The van der Waals surface area contributed by atoms with Crippen molar-refractivity contribution < 1.29 is 0 Å². The van der Waals surface area contributed by atoms with Crippen LogP contribution in [-0.4, -0.2) is 50.7 Å². The lowest BCUT2D eigenvalue weighted by Crippen LogP contribution is -2.47. The first-order valence-electron chi connectivity index (χ1n) is 7.78. The molecular formula is C16H19N7. The Hall–Kier alpha value is -2.70. The monoisotopic (exact) mass is 309 g/mol. The molecule has 0 bridgehead atoms. The summed E-state index contributed by atoms with van der Waals surface area (Å²) in [5, 5.41) is 1.07. The standard InChI is InChI=1S/C16H19N7/c1-12-19-14-11-17-4-3-13(14)15(20-12)22-7-9-23(10-8-22)16-18-5-6-21(16)2/h3-6,11H,7-10H2,1-2H3. The second kappa shape index (κ2) is 5.49. The maximum absolute atomic E-state index is 4.68. The van der Waals surface area contributed by atoms with Gasteiger partial charge in [-0.05, 0) is 13.0 Å². The van der Waals surface area contributed by atoms with E-state index in [1.165, 1.54) is 0 Å². The third-order valence-corrected chi connectivity index (χ3v) is 4.25. The molecule has 0 radical (unpaired) electrons. The Kier molecular flexibility index (Phi) is 3.33. The smallest absolute Gasteiger partial charge is 0.205 e. The van der Waals surface area contributed by atoms with Gasteiger partial charge in [0, 0.05) is 57.2 Å².